The summed E-state index contributed by atoms with van der Waals surface area (Å²) >= 11 is 5.12. The Kier molecular flexibility index (Phi) is 3.42. The number of hydrogen-bond acceptors (Lipinski definition) is 3. The maximum Gasteiger partial charge on any atom is 0.260 e. The minimum atomic E-state index is -0.00466. The van der Waals surface area contributed by atoms with Gasteiger partial charge in [0.1, 0.15) is 10.7 Å². The third-order valence-electron chi connectivity index (χ3n) is 4.28. The standard InChI is InChI=1S/C17H15BrN2OS/c1-9-2-7-12-13(8-9)22-17-14(12)16(21)19-15(20-17)10-3-5-11(18)6-4-10/h3-6,9H,2,7-8H2,1H3,(H,19,20,21). The van der Waals surface area contributed by atoms with Gasteiger partial charge in [0.05, 0.1) is 5.39 Å². The highest BCUT2D eigenvalue weighted by molar-refractivity contribution is 9.10. The Hall–Kier alpha value is -1.46. The third kappa shape index (κ3) is 2.32. The lowest BCUT2D eigenvalue weighted by Gasteiger charge is -2.17. The topological polar surface area (TPSA) is 45.8 Å². The number of hydrogen-bond donors (Lipinski definition) is 1. The van der Waals surface area contributed by atoms with E-state index in [2.05, 4.69) is 27.8 Å². The van der Waals surface area contributed by atoms with Crippen LogP contribution in [0.3, 0.4) is 0 Å². The van der Waals surface area contributed by atoms with E-state index < -0.39 is 0 Å². The van der Waals surface area contributed by atoms with Crippen molar-refractivity contribution in [3.05, 3.63) is 49.5 Å². The molecular weight excluding hydrogens is 360 g/mol. The molecular formula is C17H15BrN2OS. The van der Waals surface area contributed by atoms with E-state index in [4.69, 9.17) is 4.98 Å². The Bertz CT molecular complexity index is 911. The van der Waals surface area contributed by atoms with Crippen molar-refractivity contribution in [3.63, 3.8) is 0 Å². The van der Waals surface area contributed by atoms with E-state index in [-0.39, 0.29) is 5.56 Å². The number of aromatic nitrogens is 2. The van der Waals surface area contributed by atoms with Crippen molar-refractivity contribution in [2.75, 3.05) is 0 Å². The molecule has 0 bridgehead atoms. The first-order valence-electron chi connectivity index (χ1n) is 7.42. The average molecular weight is 375 g/mol. The van der Waals surface area contributed by atoms with Crippen molar-refractivity contribution < 1.29 is 0 Å². The fourth-order valence-electron chi connectivity index (χ4n) is 3.09. The second-order valence-corrected chi connectivity index (χ2v) is 7.95. The molecule has 0 amide bonds. The van der Waals surface area contributed by atoms with Gasteiger partial charge in [-0.15, -0.1) is 11.3 Å². The minimum Gasteiger partial charge on any atom is -0.306 e. The number of thiophene rings is 1. The normalized spacial score (nSPS) is 17.6. The molecule has 0 fully saturated rings. The molecule has 112 valence electrons. The molecule has 1 aliphatic carbocycles. The van der Waals surface area contributed by atoms with E-state index in [9.17, 15) is 4.79 Å². The van der Waals surface area contributed by atoms with Gasteiger partial charge in [-0.1, -0.05) is 35.0 Å². The zero-order chi connectivity index (χ0) is 15.3. The van der Waals surface area contributed by atoms with Crippen LogP contribution in [0.2, 0.25) is 0 Å². The van der Waals surface area contributed by atoms with Crippen molar-refractivity contribution >= 4 is 37.5 Å². The lowest BCUT2D eigenvalue weighted by molar-refractivity contribution is 0.509. The lowest BCUT2D eigenvalue weighted by atomic mass is 9.89. The van der Waals surface area contributed by atoms with Crippen molar-refractivity contribution in [3.8, 4) is 11.4 Å². The average Bonchev–Trinajstić information content (AvgIpc) is 2.85. The van der Waals surface area contributed by atoms with Crippen molar-refractivity contribution in [1.29, 1.82) is 0 Å². The van der Waals surface area contributed by atoms with Gasteiger partial charge >= 0.3 is 0 Å². The molecule has 1 aromatic carbocycles. The summed E-state index contributed by atoms with van der Waals surface area (Å²) in [6.45, 7) is 2.28. The summed E-state index contributed by atoms with van der Waals surface area (Å²) in [6.07, 6.45) is 3.23. The number of rotatable bonds is 1. The third-order valence-corrected chi connectivity index (χ3v) is 5.96. The van der Waals surface area contributed by atoms with Crippen LogP contribution in [0, 0.1) is 5.92 Å². The second-order valence-electron chi connectivity index (χ2n) is 5.95. The highest BCUT2D eigenvalue weighted by atomic mass is 79.9. The van der Waals surface area contributed by atoms with Crippen LogP contribution in [-0.4, -0.2) is 9.97 Å². The van der Waals surface area contributed by atoms with Gasteiger partial charge in [0, 0.05) is 14.9 Å². The minimum absolute atomic E-state index is 0.00466. The molecule has 1 N–H and O–H groups in total. The van der Waals surface area contributed by atoms with Gasteiger partial charge < -0.3 is 4.98 Å². The van der Waals surface area contributed by atoms with Crippen LogP contribution in [0.1, 0.15) is 23.8 Å². The summed E-state index contributed by atoms with van der Waals surface area (Å²) in [5.41, 5.74) is 2.16. The summed E-state index contributed by atoms with van der Waals surface area (Å²) in [4.78, 5) is 22.5. The summed E-state index contributed by atoms with van der Waals surface area (Å²) in [5.74, 6) is 1.35. The van der Waals surface area contributed by atoms with Gasteiger partial charge in [0.2, 0.25) is 0 Å². The number of aromatic amines is 1. The first-order valence-corrected chi connectivity index (χ1v) is 9.03. The van der Waals surface area contributed by atoms with Gasteiger partial charge in [-0.2, -0.15) is 0 Å². The molecule has 3 aromatic rings. The summed E-state index contributed by atoms with van der Waals surface area (Å²) < 4.78 is 1.01. The molecule has 3 nitrogen and oxygen atoms in total. The van der Waals surface area contributed by atoms with Gasteiger partial charge in [-0.05, 0) is 42.9 Å². The fourth-order valence-corrected chi connectivity index (χ4v) is 4.74. The van der Waals surface area contributed by atoms with Crippen LogP contribution in [0.25, 0.3) is 21.6 Å². The number of aryl methyl sites for hydroxylation is 1. The predicted octanol–water partition coefficient (Wildman–Crippen LogP) is 4.54. The maximum absolute atomic E-state index is 12.6. The zero-order valence-electron chi connectivity index (χ0n) is 12.1. The molecule has 0 radical (unpaired) electrons. The maximum atomic E-state index is 12.6. The second kappa shape index (κ2) is 5.32. The SMILES string of the molecule is CC1CCc2c(sc3nc(-c4ccc(Br)cc4)[nH]c(=O)c23)C1. The molecule has 4 rings (SSSR count). The van der Waals surface area contributed by atoms with Crippen molar-refractivity contribution in [1.82, 2.24) is 9.97 Å². The van der Waals surface area contributed by atoms with Crippen molar-refractivity contribution in [2.24, 2.45) is 5.92 Å². The van der Waals surface area contributed by atoms with Crippen molar-refractivity contribution in [2.45, 2.75) is 26.2 Å². The molecule has 1 atom stereocenters. The summed E-state index contributed by atoms with van der Waals surface area (Å²) in [6, 6.07) is 7.84. The molecule has 5 heteroatoms. The largest absolute Gasteiger partial charge is 0.306 e. The molecule has 0 aliphatic heterocycles. The molecule has 2 aromatic heterocycles. The number of benzene rings is 1. The quantitative estimate of drug-likeness (QED) is 0.679. The first-order chi connectivity index (χ1) is 10.6. The van der Waals surface area contributed by atoms with Gasteiger partial charge in [0.15, 0.2) is 0 Å². The molecule has 1 aliphatic rings. The Morgan fingerprint density at radius 2 is 2.09 bits per heavy atom. The number of fused-ring (bicyclic) bond motifs is 3. The molecule has 0 saturated carbocycles. The number of nitrogens with one attached hydrogen (secondary N) is 1. The molecule has 0 saturated heterocycles. The Morgan fingerprint density at radius 3 is 2.86 bits per heavy atom. The van der Waals surface area contributed by atoms with Gasteiger partial charge in [-0.25, -0.2) is 4.98 Å². The first kappa shape index (κ1) is 14.2. The highest BCUT2D eigenvalue weighted by Crippen LogP contribution is 2.36. The summed E-state index contributed by atoms with van der Waals surface area (Å²) in [7, 11) is 0. The molecule has 2 heterocycles. The van der Waals surface area contributed by atoms with Crippen LogP contribution in [0.15, 0.2) is 33.5 Å². The molecule has 22 heavy (non-hydrogen) atoms. The smallest absolute Gasteiger partial charge is 0.260 e. The Balaban J connectivity index is 1.90. The van der Waals surface area contributed by atoms with E-state index in [1.165, 1.54) is 10.4 Å². The van der Waals surface area contributed by atoms with Crippen LogP contribution in [0.4, 0.5) is 0 Å². The number of nitrogens with zero attached hydrogens (tertiary/aromatic N) is 1. The monoisotopic (exact) mass is 374 g/mol. The van der Waals surface area contributed by atoms with E-state index in [0.717, 1.165) is 39.5 Å². The van der Waals surface area contributed by atoms with Gasteiger partial charge in [-0.3, -0.25) is 4.79 Å². The van der Waals surface area contributed by atoms with Crippen LogP contribution in [-0.2, 0) is 12.8 Å². The van der Waals surface area contributed by atoms with Crippen LogP contribution in [0.5, 0.6) is 0 Å². The highest BCUT2D eigenvalue weighted by Gasteiger charge is 2.23. The van der Waals surface area contributed by atoms with E-state index in [1.807, 2.05) is 24.3 Å². The van der Waals surface area contributed by atoms with E-state index in [1.54, 1.807) is 11.3 Å². The van der Waals surface area contributed by atoms with E-state index in [0.29, 0.717) is 11.7 Å². The lowest BCUT2D eigenvalue weighted by Crippen LogP contribution is -2.13. The summed E-state index contributed by atoms with van der Waals surface area (Å²) in [5, 5.41) is 0.813. The Labute approximate surface area is 140 Å². The number of halogens is 1. The van der Waals surface area contributed by atoms with E-state index >= 15 is 0 Å². The zero-order valence-corrected chi connectivity index (χ0v) is 14.6. The Morgan fingerprint density at radius 1 is 1.32 bits per heavy atom. The fraction of sp³-hybridized carbons (Fsp3) is 0.294. The van der Waals surface area contributed by atoms with Crippen LogP contribution >= 0.6 is 27.3 Å². The van der Waals surface area contributed by atoms with Gasteiger partial charge in [0.25, 0.3) is 5.56 Å². The molecule has 0 spiro atoms. The predicted molar refractivity (Wildman–Crippen MR) is 94.6 cm³/mol. The molecule has 1 unspecified atom stereocenters. The van der Waals surface area contributed by atoms with Crippen LogP contribution < -0.4 is 5.56 Å². The number of H-pyrrole nitrogens is 1.